The first-order chi connectivity index (χ1) is 13.7. The molecule has 0 saturated carbocycles. The third-order valence-corrected chi connectivity index (χ3v) is 3.83. The van der Waals surface area contributed by atoms with Crippen LogP contribution in [0.15, 0.2) is 46.1 Å². The average Bonchev–Trinajstić information content (AvgIpc) is 2.64. The van der Waals surface area contributed by atoms with Crippen molar-refractivity contribution in [2.75, 3.05) is 0 Å². The Morgan fingerprint density at radius 3 is 2.66 bits per heavy atom. The lowest BCUT2D eigenvalue weighted by Crippen LogP contribution is -2.28. The van der Waals surface area contributed by atoms with E-state index in [0.717, 1.165) is 4.57 Å². The minimum absolute atomic E-state index is 0.0392. The molecular formula is C17H9ClF3N5O3. The number of aromatic nitrogens is 4. The van der Waals surface area contributed by atoms with Crippen LogP contribution in [0.5, 0.6) is 11.8 Å². The molecule has 0 saturated heterocycles. The van der Waals surface area contributed by atoms with Gasteiger partial charge in [0, 0.05) is 22.8 Å². The summed E-state index contributed by atoms with van der Waals surface area (Å²) in [5.41, 5.74) is -3.09. The molecule has 0 fully saturated rings. The lowest BCUT2D eigenvalue weighted by molar-refractivity contribution is -0.141. The molecule has 0 bridgehead atoms. The fourth-order valence-corrected chi connectivity index (χ4v) is 2.54. The Morgan fingerprint density at radius 1 is 1.24 bits per heavy atom. The molecule has 1 aromatic carbocycles. The van der Waals surface area contributed by atoms with Gasteiger partial charge in [-0.25, -0.2) is 5.10 Å². The minimum Gasteiger partial charge on any atom is -0.425 e. The van der Waals surface area contributed by atoms with Crippen LogP contribution in [0.2, 0.25) is 5.02 Å². The summed E-state index contributed by atoms with van der Waals surface area (Å²) < 4.78 is 45.4. The van der Waals surface area contributed by atoms with Crippen LogP contribution >= 0.6 is 11.6 Å². The fraction of sp³-hybridized carbons (Fsp3) is 0.118. The molecule has 0 aliphatic carbocycles. The highest BCUT2D eigenvalue weighted by Gasteiger charge is 2.34. The summed E-state index contributed by atoms with van der Waals surface area (Å²) in [6, 6.07) is 6.43. The molecule has 2 aromatic heterocycles. The van der Waals surface area contributed by atoms with Gasteiger partial charge in [0.25, 0.3) is 11.1 Å². The third kappa shape index (κ3) is 4.61. The molecular weight excluding hydrogens is 415 g/mol. The SMILES string of the molecule is N#Cc1cc(Cl)cc(Oc2nc(C(F)(F)F)cc(=O)n2Cc2ccn[nH]c2=O)c1. The number of hydrogen-bond acceptors (Lipinski definition) is 6. The first-order valence-electron chi connectivity index (χ1n) is 7.77. The molecule has 1 N–H and O–H groups in total. The van der Waals surface area contributed by atoms with Crippen LogP contribution in [0.25, 0.3) is 0 Å². The Kier molecular flexibility index (Phi) is 5.38. The molecule has 29 heavy (non-hydrogen) atoms. The molecule has 0 amide bonds. The quantitative estimate of drug-likeness (QED) is 0.690. The molecule has 0 aliphatic heterocycles. The average molecular weight is 424 g/mol. The second kappa shape index (κ2) is 7.76. The number of aromatic amines is 1. The number of alkyl halides is 3. The largest absolute Gasteiger partial charge is 0.433 e. The highest BCUT2D eigenvalue weighted by Crippen LogP contribution is 2.30. The summed E-state index contributed by atoms with van der Waals surface area (Å²) in [7, 11) is 0. The van der Waals surface area contributed by atoms with E-state index in [-0.39, 0.29) is 21.9 Å². The fourth-order valence-electron chi connectivity index (χ4n) is 2.31. The molecule has 8 nitrogen and oxygen atoms in total. The van der Waals surface area contributed by atoms with E-state index >= 15 is 0 Å². The van der Waals surface area contributed by atoms with Crippen LogP contribution in [-0.4, -0.2) is 19.7 Å². The molecule has 0 unspecified atom stereocenters. The van der Waals surface area contributed by atoms with Crippen LogP contribution in [-0.2, 0) is 12.7 Å². The highest BCUT2D eigenvalue weighted by atomic mass is 35.5. The number of nitrogens with zero attached hydrogens (tertiary/aromatic N) is 4. The van der Waals surface area contributed by atoms with E-state index in [9.17, 15) is 22.8 Å². The summed E-state index contributed by atoms with van der Waals surface area (Å²) in [6.45, 7) is -0.428. The Balaban J connectivity index is 2.14. The predicted octanol–water partition coefficient (Wildman–Crippen LogP) is 2.71. The normalized spacial score (nSPS) is 11.1. The summed E-state index contributed by atoms with van der Waals surface area (Å²) >= 11 is 5.87. The van der Waals surface area contributed by atoms with Crippen molar-refractivity contribution in [3.05, 3.63) is 79.1 Å². The second-order valence-corrected chi connectivity index (χ2v) is 6.08. The van der Waals surface area contributed by atoms with Crippen LogP contribution in [0.4, 0.5) is 13.2 Å². The predicted molar refractivity (Wildman–Crippen MR) is 93.7 cm³/mol. The topological polar surface area (TPSA) is 114 Å². The number of nitrogens with one attached hydrogen (secondary N) is 1. The highest BCUT2D eigenvalue weighted by molar-refractivity contribution is 6.30. The first kappa shape index (κ1) is 20.1. The van der Waals surface area contributed by atoms with Crippen molar-refractivity contribution in [2.24, 2.45) is 0 Å². The summed E-state index contributed by atoms with van der Waals surface area (Å²) in [5.74, 6) is -0.113. The third-order valence-electron chi connectivity index (χ3n) is 3.61. The van der Waals surface area contributed by atoms with Crippen LogP contribution < -0.4 is 15.9 Å². The van der Waals surface area contributed by atoms with E-state index in [0.29, 0.717) is 6.07 Å². The molecule has 0 atom stereocenters. The van der Waals surface area contributed by atoms with Gasteiger partial charge >= 0.3 is 12.2 Å². The van der Waals surface area contributed by atoms with Crippen molar-refractivity contribution >= 4 is 11.6 Å². The number of rotatable bonds is 4. The monoisotopic (exact) mass is 423 g/mol. The Hall–Kier alpha value is -3.65. The molecule has 0 spiro atoms. The molecule has 3 rings (SSSR count). The number of halogens is 4. The van der Waals surface area contributed by atoms with E-state index in [1.807, 2.05) is 6.07 Å². The molecule has 0 aliphatic rings. The van der Waals surface area contributed by atoms with E-state index in [2.05, 4.69) is 15.2 Å². The molecule has 0 radical (unpaired) electrons. The maximum atomic E-state index is 13.1. The Bertz CT molecular complexity index is 1230. The Morgan fingerprint density at radius 2 is 2.00 bits per heavy atom. The van der Waals surface area contributed by atoms with Gasteiger partial charge in [-0.2, -0.15) is 28.5 Å². The number of benzene rings is 1. The summed E-state index contributed by atoms with van der Waals surface area (Å²) in [4.78, 5) is 27.5. The van der Waals surface area contributed by atoms with Gasteiger partial charge in [-0.1, -0.05) is 11.6 Å². The lowest BCUT2D eigenvalue weighted by atomic mass is 10.2. The first-order valence-corrected chi connectivity index (χ1v) is 8.15. The van der Waals surface area contributed by atoms with Crippen LogP contribution in [0.1, 0.15) is 16.8 Å². The van der Waals surface area contributed by atoms with E-state index in [4.69, 9.17) is 21.6 Å². The van der Waals surface area contributed by atoms with Crippen molar-refractivity contribution in [1.29, 1.82) is 5.26 Å². The van der Waals surface area contributed by atoms with Crippen molar-refractivity contribution in [3.8, 4) is 17.8 Å². The number of ether oxygens (including phenoxy) is 1. The van der Waals surface area contributed by atoms with Gasteiger partial charge in [0.05, 0.1) is 18.2 Å². The molecule has 2 heterocycles. The minimum atomic E-state index is -4.91. The van der Waals surface area contributed by atoms with Crippen LogP contribution in [0, 0.1) is 11.3 Å². The van der Waals surface area contributed by atoms with Gasteiger partial charge in [0.1, 0.15) is 5.75 Å². The van der Waals surface area contributed by atoms with Gasteiger partial charge in [-0.05, 0) is 24.3 Å². The molecule has 3 aromatic rings. The molecule has 12 heteroatoms. The van der Waals surface area contributed by atoms with E-state index in [1.165, 1.54) is 30.5 Å². The zero-order valence-corrected chi connectivity index (χ0v) is 15.0. The zero-order chi connectivity index (χ0) is 21.2. The maximum Gasteiger partial charge on any atom is 0.433 e. The smallest absolute Gasteiger partial charge is 0.425 e. The zero-order valence-electron chi connectivity index (χ0n) is 14.2. The van der Waals surface area contributed by atoms with Crippen molar-refractivity contribution in [1.82, 2.24) is 19.7 Å². The van der Waals surface area contributed by atoms with Gasteiger partial charge in [-0.3, -0.25) is 14.2 Å². The van der Waals surface area contributed by atoms with E-state index in [1.54, 1.807) is 0 Å². The van der Waals surface area contributed by atoms with Gasteiger partial charge in [0.15, 0.2) is 5.69 Å². The number of H-pyrrole nitrogens is 1. The van der Waals surface area contributed by atoms with Gasteiger partial charge < -0.3 is 4.74 Å². The van der Waals surface area contributed by atoms with Crippen molar-refractivity contribution < 1.29 is 17.9 Å². The van der Waals surface area contributed by atoms with Crippen molar-refractivity contribution in [3.63, 3.8) is 0 Å². The maximum absolute atomic E-state index is 13.1. The van der Waals surface area contributed by atoms with Crippen LogP contribution in [0.3, 0.4) is 0 Å². The molecule has 148 valence electrons. The standard InChI is InChI=1S/C17H9ClF3N5O3/c18-11-3-9(7-22)4-12(5-11)29-16-24-13(17(19,20)21)6-14(27)26(16)8-10-1-2-23-25-15(10)28/h1-6H,8H2,(H,25,28). The summed E-state index contributed by atoms with van der Waals surface area (Å²) in [5, 5.41) is 14.7. The van der Waals surface area contributed by atoms with Gasteiger partial charge in [0.2, 0.25) is 0 Å². The number of nitriles is 1. The van der Waals surface area contributed by atoms with Crippen molar-refractivity contribution in [2.45, 2.75) is 12.7 Å². The van der Waals surface area contributed by atoms with Gasteiger partial charge in [-0.15, -0.1) is 0 Å². The van der Waals surface area contributed by atoms with E-state index < -0.39 is 35.5 Å². The number of hydrogen-bond donors (Lipinski definition) is 1. The summed E-state index contributed by atoms with van der Waals surface area (Å²) in [6.07, 6.45) is -3.66. The lowest BCUT2D eigenvalue weighted by Gasteiger charge is -2.15. The Labute approximate surface area is 164 Å². The second-order valence-electron chi connectivity index (χ2n) is 5.65.